The van der Waals surface area contributed by atoms with E-state index in [0.29, 0.717) is 13.0 Å². The minimum atomic E-state index is -3.73. The van der Waals surface area contributed by atoms with Gasteiger partial charge in [-0.3, -0.25) is 0 Å². The molecule has 1 N–H and O–H groups in total. The van der Waals surface area contributed by atoms with Gasteiger partial charge in [-0.15, -0.1) is 0 Å². The van der Waals surface area contributed by atoms with Crippen molar-refractivity contribution in [1.29, 1.82) is 0 Å². The summed E-state index contributed by atoms with van der Waals surface area (Å²) in [5.74, 6) is 0.0744. The van der Waals surface area contributed by atoms with Gasteiger partial charge in [0.1, 0.15) is 4.90 Å². The summed E-state index contributed by atoms with van der Waals surface area (Å²) < 4.78 is 36.5. The van der Waals surface area contributed by atoms with Gasteiger partial charge >= 0.3 is 0 Å². The molecule has 108 valence electrons. The van der Waals surface area contributed by atoms with Crippen molar-refractivity contribution < 1.29 is 17.9 Å². The first-order valence-electron chi connectivity index (χ1n) is 5.44. The smallest absolute Gasteiger partial charge is 0.244 e. The van der Waals surface area contributed by atoms with E-state index in [0.717, 1.165) is 0 Å². The van der Waals surface area contributed by atoms with Crippen LogP contribution in [-0.2, 0) is 14.8 Å². The molecule has 0 aliphatic heterocycles. The maximum Gasteiger partial charge on any atom is 0.244 e. The molecule has 0 aliphatic rings. The third-order valence-corrected chi connectivity index (χ3v) is 4.25. The zero-order valence-electron chi connectivity index (χ0n) is 10.6. The maximum atomic E-state index is 12.1. The third-order valence-electron chi connectivity index (χ3n) is 2.29. The Balaban J connectivity index is 3.00. The number of nitrogens with one attached hydrogen (secondary N) is 1. The molecule has 1 aromatic carbocycles. The zero-order chi connectivity index (χ0) is 14.5. The van der Waals surface area contributed by atoms with E-state index in [9.17, 15) is 8.42 Å². The SMILES string of the molecule is COCCCNS(=O)(=O)c1cc(Cl)cc(Cl)c1OC. The van der Waals surface area contributed by atoms with Crippen LogP contribution in [0, 0.1) is 0 Å². The van der Waals surface area contributed by atoms with E-state index in [2.05, 4.69) is 4.72 Å². The lowest BCUT2D eigenvalue weighted by Crippen LogP contribution is -2.26. The van der Waals surface area contributed by atoms with E-state index in [1.54, 1.807) is 7.11 Å². The first-order valence-corrected chi connectivity index (χ1v) is 7.68. The van der Waals surface area contributed by atoms with Crippen LogP contribution < -0.4 is 9.46 Å². The zero-order valence-corrected chi connectivity index (χ0v) is 12.9. The lowest BCUT2D eigenvalue weighted by Gasteiger charge is -2.12. The molecule has 0 radical (unpaired) electrons. The molecule has 19 heavy (non-hydrogen) atoms. The number of hydrogen-bond acceptors (Lipinski definition) is 4. The molecule has 0 atom stereocenters. The molecule has 0 amide bonds. The highest BCUT2D eigenvalue weighted by molar-refractivity contribution is 7.89. The summed E-state index contributed by atoms with van der Waals surface area (Å²) in [6.45, 7) is 0.722. The van der Waals surface area contributed by atoms with E-state index in [1.807, 2.05) is 0 Å². The van der Waals surface area contributed by atoms with Crippen LogP contribution in [0.5, 0.6) is 5.75 Å². The highest BCUT2D eigenvalue weighted by atomic mass is 35.5. The molecule has 0 fully saturated rings. The number of benzene rings is 1. The fraction of sp³-hybridized carbons (Fsp3) is 0.455. The summed E-state index contributed by atoms with van der Waals surface area (Å²) in [4.78, 5) is -0.0788. The number of halogens is 2. The second-order valence-electron chi connectivity index (χ2n) is 3.66. The molecule has 0 bridgehead atoms. The maximum absolute atomic E-state index is 12.1. The summed E-state index contributed by atoms with van der Waals surface area (Å²) in [6.07, 6.45) is 0.562. The first-order chi connectivity index (χ1) is 8.92. The average Bonchev–Trinajstić information content (AvgIpc) is 2.34. The molecule has 0 aliphatic carbocycles. The molecule has 0 spiro atoms. The Morgan fingerprint density at radius 1 is 1.26 bits per heavy atom. The second kappa shape index (κ2) is 7.31. The van der Waals surface area contributed by atoms with Gasteiger partial charge in [-0.2, -0.15) is 0 Å². The predicted octanol–water partition coefficient (Wildman–Crippen LogP) is 2.32. The highest BCUT2D eigenvalue weighted by Crippen LogP contribution is 2.34. The van der Waals surface area contributed by atoms with Gasteiger partial charge in [0.2, 0.25) is 10.0 Å². The Labute approximate surface area is 122 Å². The molecule has 0 aromatic heterocycles. The van der Waals surface area contributed by atoms with Crippen LogP contribution in [0.2, 0.25) is 10.0 Å². The van der Waals surface area contributed by atoms with Gasteiger partial charge in [0.25, 0.3) is 0 Å². The van der Waals surface area contributed by atoms with Gasteiger partial charge in [-0.1, -0.05) is 23.2 Å². The van der Waals surface area contributed by atoms with Crippen molar-refractivity contribution in [3.8, 4) is 5.75 Å². The Morgan fingerprint density at radius 3 is 2.53 bits per heavy atom. The summed E-state index contributed by atoms with van der Waals surface area (Å²) in [5, 5.41) is 0.371. The Hall–Kier alpha value is -0.530. The highest BCUT2D eigenvalue weighted by Gasteiger charge is 2.22. The number of hydrogen-bond donors (Lipinski definition) is 1. The average molecular weight is 328 g/mol. The lowest BCUT2D eigenvalue weighted by atomic mass is 10.3. The van der Waals surface area contributed by atoms with E-state index in [1.165, 1.54) is 19.2 Å². The number of rotatable bonds is 7. The Kier molecular flexibility index (Phi) is 6.35. The van der Waals surface area contributed by atoms with Crippen LogP contribution in [0.15, 0.2) is 17.0 Å². The van der Waals surface area contributed by atoms with Crippen molar-refractivity contribution >= 4 is 33.2 Å². The molecular weight excluding hydrogens is 313 g/mol. The molecular formula is C11H15Cl2NO4S. The molecule has 1 aromatic rings. The van der Waals surface area contributed by atoms with Crippen molar-refractivity contribution in [2.45, 2.75) is 11.3 Å². The van der Waals surface area contributed by atoms with Crippen molar-refractivity contribution in [1.82, 2.24) is 4.72 Å². The van der Waals surface area contributed by atoms with Crippen molar-refractivity contribution in [2.75, 3.05) is 27.4 Å². The minimum Gasteiger partial charge on any atom is -0.494 e. The fourth-order valence-electron chi connectivity index (χ4n) is 1.44. The van der Waals surface area contributed by atoms with Crippen LogP contribution in [-0.4, -0.2) is 35.8 Å². The van der Waals surface area contributed by atoms with Gasteiger partial charge in [-0.05, 0) is 18.6 Å². The van der Waals surface area contributed by atoms with Gasteiger partial charge in [0, 0.05) is 25.3 Å². The van der Waals surface area contributed by atoms with Gasteiger partial charge in [-0.25, -0.2) is 13.1 Å². The summed E-state index contributed by atoms with van der Waals surface area (Å²) in [5.41, 5.74) is 0. The molecule has 8 heteroatoms. The fourth-order valence-corrected chi connectivity index (χ4v) is 3.41. The van der Waals surface area contributed by atoms with Crippen LogP contribution >= 0.6 is 23.2 Å². The Morgan fingerprint density at radius 2 is 1.95 bits per heavy atom. The minimum absolute atomic E-state index is 0.0744. The van der Waals surface area contributed by atoms with Crippen molar-refractivity contribution in [3.05, 3.63) is 22.2 Å². The van der Waals surface area contributed by atoms with Crippen molar-refractivity contribution in [2.24, 2.45) is 0 Å². The summed E-state index contributed by atoms with van der Waals surface area (Å²) in [7, 11) is -0.832. The van der Waals surface area contributed by atoms with Crippen LogP contribution in [0.4, 0.5) is 0 Å². The summed E-state index contributed by atoms with van der Waals surface area (Å²) >= 11 is 11.7. The molecule has 1 rings (SSSR count). The third kappa shape index (κ3) is 4.50. The van der Waals surface area contributed by atoms with E-state index < -0.39 is 10.0 Å². The Bertz CT molecular complexity index is 534. The monoisotopic (exact) mass is 327 g/mol. The van der Waals surface area contributed by atoms with Crippen molar-refractivity contribution in [3.63, 3.8) is 0 Å². The molecule has 0 saturated heterocycles. The second-order valence-corrected chi connectivity index (χ2v) is 6.24. The summed E-state index contributed by atoms with van der Waals surface area (Å²) in [6, 6.07) is 2.72. The normalized spacial score (nSPS) is 11.6. The molecule has 0 unspecified atom stereocenters. The van der Waals surface area contributed by atoms with Gasteiger partial charge in [0.15, 0.2) is 5.75 Å². The largest absolute Gasteiger partial charge is 0.494 e. The van der Waals surface area contributed by atoms with Gasteiger partial charge in [0.05, 0.1) is 12.1 Å². The lowest BCUT2D eigenvalue weighted by molar-refractivity contribution is 0.196. The quantitative estimate of drug-likeness (QED) is 0.780. The van der Waals surface area contributed by atoms with E-state index >= 15 is 0 Å². The van der Waals surface area contributed by atoms with Crippen LogP contribution in [0.1, 0.15) is 6.42 Å². The predicted molar refractivity (Wildman–Crippen MR) is 74.7 cm³/mol. The molecule has 5 nitrogen and oxygen atoms in total. The van der Waals surface area contributed by atoms with Crippen LogP contribution in [0.25, 0.3) is 0 Å². The van der Waals surface area contributed by atoms with Crippen LogP contribution in [0.3, 0.4) is 0 Å². The van der Waals surface area contributed by atoms with Gasteiger partial charge < -0.3 is 9.47 Å². The number of methoxy groups -OCH3 is 2. The van der Waals surface area contributed by atoms with E-state index in [-0.39, 0.29) is 27.2 Å². The molecule has 0 saturated carbocycles. The topological polar surface area (TPSA) is 64.6 Å². The number of ether oxygens (including phenoxy) is 2. The first kappa shape index (κ1) is 16.5. The molecule has 0 heterocycles. The van der Waals surface area contributed by atoms with E-state index in [4.69, 9.17) is 32.7 Å². The number of sulfonamides is 1. The standard InChI is InChI=1S/C11H15Cl2NO4S/c1-17-5-3-4-14-19(15,16)10-7-8(12)6-9(13)11(10)18-2/h6-7,14H,3-5H2,1-2H3.